The largest absolute Gasteiger partial charge is 0.453 e. The number of amides is 3. The molecule has 0 unspecified atom stereocenters. The molecule has 11 heteroatoms. The molecule has 3 amide bonds. The van der Waals surface area contributed by atoms with E-state index in [1.54, 1.807) is 0 Å². The lowest BCUT2D eigenvalue weighted by atomic mass is 9.99. The van der Waals surface area contributed by atoms with Crippen LogP contribution in [0.3, 0.4) is 0 Å². The summed E-state index contributed by atoms with van der Waals surface area (Å²) in [4.78, 5) is 59.9. The summed E-state index contributed by atoms with van der Waals surface area (Å²) in [5.41, 5.74) is 6.46. The number of benzene rings is 3. The van der Waals surface area contributed by atoms with Gasteiger partial charge in [-0.1, -0.05) is 68.2 Å². The summed E-state index contributed by atoms with van der Waals surface area (Å²) < 4.78 is 4.81. The molecule has 2 saturated heterocycles. The molecule has 4 heterocycles. The van der Waals surface area contributed by atoms with Crippen molar-refractivity contribution in [1.82, 2.24) is 35.1 Å². The summed E-state index contributed by atoms with van der Waals surface area (Å²) in [6.07, 6.45) is 6.09. The standard InChI is InChI=1S/C44H47N7O4/c1-27(2)38(49-43(54)55-4)42(53)51-26-44(20-21-44)24-37(51)40-46-33-19-16-30(23-34(33)47-40)13-12-29-14-17-32(18-15-29)35-25-45-39(48-35)36-11-8-22-50(36)41(52)28(3)31-9-6-5-7-10-31/h5-7,9-10,14-19,23,25,27-28,36-38H,8,11,20-22,24,26H2,1-4H3,(H,45,48)(H,46,47)(H,49,54)/t28-,36+,37+,38+/m1/s1. The Kier molecular flexibility index (Phi) is 9.68. The first-order valence-electron chi connectivity index (χ1n) is 19.3. The summed E-state index contributed by atoms with van der Waals surface area (Å²) in [6, 6.07) is 23.0. The SMILES string of the molecule is COC(=O)N[C@H](C(=O)N1CC2(CC2)C[C@H]1c1nc2ccc(C#Cc3ccc(-c4cnc([C@@H]5CCCN5C(=O)[C@H](C)c5ccccc5)[nH]4)cc3)cc2[nH]1)C(C)C. The Balaban J connectivity index is 0.947. The summed E-state index contributed by atoms with van der Waals surface area (Å²) >= 11 is 0. The van der Waals surface area contributed by atoms with Crippen molar-refractivity contribution in [3.8, 4) is 23.1 Å². The van der Waals surface area contributed by atoms with E-state index in [0.717, 1.165) is 89.3 Å². The van der Waals surface area contributed by atoms with E-state index < -0.39 is 12.1 Å². The van der Waals surface area contributed by atoms with Crippen molar-refractivity contribution in [3.05, 3.63) is 107 Å². The maximum absolute atomic E-state index is 13.9. The van der Waals surface area contributed by atoms with Crippen LogP contribution >= 0.6 is 0 Å². The van der Waals surface area contributed by atoms with E-state index >= 15 is 0 Å². The highest BCUT2D eigenvalue weighted by atomic mass is 16.5. The van der Waals surface area contributed by atoms with Crippen LogP contribution in [0.1, 0.15) is 99.2 Å². The number of H-pyrrole nitrogens is 2. The van der Waals surface area contributed by atoms with Gasteiger partial charge in [-0.2, -0.15) is 0 Å². The monoisotopic (exact) mass is 737 g/mol. The molecule has 1 saturated carbocycles. The predicted octanol–water partition coefficient (Wildman–Crippen LogP) is 7.25. The quantitative estimate of drug-likeness (QED) is 0.144. The average molecular weight is 738 g/mol. The number of nitrogens with one attached hydrogen (secondary N) is 3. The molecular weight excluding hydrogens is 691 g/mol. The van der Waals surface area contributed by atoms with Crippen LogP contribution in [-0.2, 0) is 14.3 Å². The van der Waals surface area contributed by atoms with Gasteiger partial charge in [0.15, 0.2) is 0 Å². The number of aromatic nitrogens is 4. The zero-order valence-corrected chi connectivity index (χ0v) is 31.8. The smallest absolute Gasteiger partial charge is 0.407 e. The number of ether oxygens (including phenoxy) is 1. The number of likely N-dealkylation sites (tertiary alicyclic amines) is 2. The lowest BCUT2D eigenvalue weighted by molar-refractivity contribution is -0.136. The molecule has 0 bridgehead atoms. The highest BCUT2D eigenvalue weighted by molar-refractivity contribution is 5.87. The molecule has 2 aliphatic heterocycles. The predicted molar refractivity (Wildman–Crippen MR) is 210 cm³/mol. The third-order valence-corrected chi connectivity index (χ3v) is 11.6. The Hall–Kier alpha value is -5.89. The molecule has 1 spiro atoms. The fraction of sp³-hybridized carbons (Fsp3) is 0.386. The first kappa shape index (κ1) is 36.1. The number of hydrogen-bond donors (Lipinski definition) is 3. The fourth-order valence-corrected chi connectivity index (χ4v) is 8.19. The van der Waals surface area contributed by atoms with Crippen LogP contribution in [0.2, 0.25) is 0 Å². The number of aromatic amines is 2. The van der Waals surface area contributed by atoms with Crippen molar-refractivity contribution in [1.29, 1.82) is 0 Å². The second kappa shape index (κ2) is 14.7. The molecule has 1 aliphatic carbocycles. The van der Waals surface area contributed by atoms with Gasteiger partial charge in [-0.3, -0.25) is 9.59 Å². The maximum atomic E-state index is 13.9. The Morgan fingerprint density at radius 2 is 1.64 bits per heavy atom. The van der Waals surface area contributed by atoms with Gasteiger partial charge in [-0.15, -0.1) is 0 Å². The molecule has 5 aromatic rings. The van der Waals surface area contributed by atoms with Gasteiger partial charge >= 0.3 is 6.09 Å². The van der Waals surface area contributed by atoms with Crippen LogP contribution in [-0.4, -0.2) is 73.9 Å². The molecule has 11 nitrogen and oxygen atoms in total. The molecule has 2 aromatic heterocycles. The summed E-state index contributed by atoms with van der Waals surface area (Å²) in [5, 5.41) is 2.74. The minimum absolute atomic E-state index is 0.0668. The number of carbonyl (C=O) groups is 3. The topological polar surface area (TPSA) is 136 Å². The fourth-order valence-electron chi connectivity index (χ4n) is 8.19. The zero-order chi connectivity index (χ0) is 38.3. The lowest BCUT2D eigenvalue weighted by Crippen LogP contribution is -2.51. The number of methoxy groups -OCH3 is 1. The summed E-state index contributed by atoms with van der Waals surface area (Å²) in [6.45, 7) is 7.22. The van der Waals surface area contributed by atoms with E-state index in [9.17, 15) is 14.4 Å². The van der Waals surface area contributed by atoms with Crippen molar-refractivity contribution in [2.24, 2.45) is 11.3 Å². The number of hydrogen-bond acceptors (Lipinski definition) is 6. The van der Waals surface area contributed by atoms with Crippen LogP contribution in [0.5, 0.6) is 0 Å². The molecular formula is C44H47N7O4. The third kappa shape index (κ3) is 7.33. The van der Waals surface area contributed by atoms with Crippen LogP contribution < -0.4 is 5.32 Å². The molecule has 4 atom stereocenters. The van der Waals surface area contributed by atoms with Crippen molar-refractivity contribution >= 4 is 28.9 Å². The number of imidazole rings is 2. The number of nitrogens with zero attached hydrogens (tertiary/aromatic N) is 4. The Bertz CT molecular complexity index is 2280. The highest BCUT2D eigenvalue weighted by Gasteiger charge is 2.55. The van der Waals surface area contributed by atoms with Crippen LogP contribution in [0.25, 0.3) is 22.3 Å². The van der Waals surface area contributed by atoms with Gasteiger partial charge in [0.05, 0.1) is 48.0 Å². The van der Waals surface area contributed by atoms with Crippen molar-refractivity contribution in [3.63, 3.8) is 0 Å². The molecule has 3 aliphatic rings. The minimum atomic E-state index is -0.685. The van der Waals surface area contributed by atoms with Crippen molar-refractivity contribution in [2.45, 2.75) is 76.9 Å². The van der Waals surface area contributed by atoms with E-state index in [-0.39, 0.29) is 41.1 Å². The first-order chi connectivity index (χ1) is 26.6. The van der Waals surface area contributed by atoms with E-state index in [1.165, 1.54) is 7.11 Å². The van der Waals surface area contributed by atoms with Gasteiger partial charge in [0, 0.05) is 24.2 Å². The van der Waals surface area contributed by atoms with E-state index in [0.29, 0.717) is 6.54 Å². The van der Waals surface area contributed by atoms with Crippen LogP contribution in [0, 0.1) is 23.2 Å². The van der Waals surface area contributed by atoms with Gasteiger partial charge < -0.3 is 29.8 Å². The molecule has 3 aromatic carbocycles. The second-order valence-corrected chi connectivity index (χ2v) is 15.7. The number of rotatable bonds is 8. The molecule has 0 radical (unpaired) electrons. The van der Waals surface area contributed by atoms with Crippen molar-refractivity contribution < 1.29 is 19.1 Å². The van der Waals surface area contributed by atoms with E-state index in [2.05, 4.69) is 27.1 Å². The van der Waals surface area contributed by atoms with Crippen molar-refractivity contribution in [2.75, 3.05) is 20.2 Å². The third-order valence-electron chi connectivity index (χ3n) is 11.6. The molecule has 55 heavy (non-hydrogen) atoms. The van der Waals surface area contributed by atoms with Gasteiger partial charge in [-0.05, 0) is 91.8 Å². The molecule has 282 valence electrons. The van der Waals surface area contributed by atoms with Gasteiger partial charge in [-0.25, -0.2) is 14.8 Å². The van der Waals surface area contributed by atoms with E-state index in [4.69, 9.17) is 14.7 Å². The second-order valence-electron chi connectivity index (χ2n) is 15.7. The van der Waals surface area contributed by atoms with Gasteiger partial charge in [0.2, 0.25) is 11.8 Å². The Labute approximate surface area is 321 Å². The maximum Gasteiger partial charge on any atom is 0.407 e. The molecule has 3 N–H and O–H groups in total. The van der Waals surface area contributed by atoms with Gasteiger partial charge in [0.1, 0.15) is 17.7 Å². The molecule has 8 rings (SSSR count). The first-order valence-corrected chi connectivity index (χ1v) is 19.3. The lowest BCUT2D eigenvalue weighted by Gasteiger charge is -2.30. The van der Waals surface area contributed by atoms with E-state index in [1.807, 2.05) is 110 Å². The summed E-state index contributed by atoms with van der Waals surface area (Å²) in [5.74, 6) is 7.87. The minimum Gasteiger partial charge on any atom is -0.453 e. The zero-order valence-electron chi connectivity index (χ0n) is 31.8. The molecule has 3 fully saturated rings. The number of carbonyl (C=O) groups excluding carboxylic acids is 3. The van der Waals surface area contributed by atoms with Crippen LogP contribution in [0.15, 0.2) is 79.0 Å². The average Bonchev–Trinajstić information content (AvgIpc) is 3.69. The van der Waals surface area contributed by atoms with Gasteiger partial charge in [0.25, 0.3) is 0 Å². The highest BCUT2D eigenvalue weighted by Crippen LogP contribution is 2.58. The number of alkyl carbamates (subject to hydrolysis) is 1. The number of fused-ring (bicyclic) bond motifs is 1. The summed E-state index contributed by atoms with van der Waals surface area (Å²) in [7, 11) is 1.31. The Morgan fingerprint density at radius 1 is 0.891 bits per heavy atom. The van der Waals surface area contributed by atoms with Crippen LogP contribution in [0.4, 0.5) is 4.79 Å². The Morgan fingerprint density at radius 3 is 2.36 bits per heavy atom. The normalized spacial score (nSPS) is 19.7.